The van der Waals surface area contributed by atoms with E-state index in [0.717, 1.165) is 25.9 Å². The fraction of sp³-hybridized carbons (Fsp3) is 0.846. The van der Waals surface area contributed by atoms with Gasteiger partial charge in [-0.25, -0.2) is 4.79 Å². The molecular weight excluding hydrogens is 266 g/mol. The van der Waals surface area contributed by atoms with E-state index in [-0.39, 0.29) is 18.0 Å². The summed E-state index contributed by atoms with van der Waals surface area (Å²) in [5.41, 5.74) is -0.501. The summed E-state index contributed by atoms with van der Waals surface area (Å²) in [5, 5.41) is 2.82. The number of nitrogens with zero attached hydrogens (tertiary/aromatic N) is 2. The third-order valence-corrected chi connectivity index (χ3v) is 4.66. The van der Waals surface area contributed by atoms with Crippen LogP contribution < -0.4 is 5.32 Å². The molecule has 2 fully saturated rings. The molecule has 0 radical (unpaired) electrons. The normalized spacial score (nSPS) is 21.7. The summed E-state index contributed by atoms with van der Waals surface area (Å²) < 4.78 is 0. The smallest absolute Gasteiger partial charge is 0.317 e. The van der Waals surface area contributed by atoms with Gasteiger partial charge in [-0.2, -0.15) is 0 Å². The van der Waals surface area contributed by atoms with E-state index in [0.29, 0.717) is 19.0 Å². The van der Waals surface area contributed by atoms with Crippen LogP contribution in [0.2, 0.25) is 0 Å². The van der Waals surface area contributed by atoms with Crippen molar-refractivity contribution in [3.05, 3.63) is 0 Å². The zero-order chi connectivity index (χ0) is 14.0. The second-order valence-electron chi connectivity index (χ2n) is 5.97. The van der Waals surface area contributed by atoms with Gasteiger partial charge in [0.05, 0.1) is 5.41 Å². The molecule has 2 aliphatic rings. The summed E-state index contributed by atoms with van der Waals surface area (Å²) in [5.74, 6) is 0.451. The predicted molar refractivity (Wildman–Crippen MR) is 74.2 cm³/mol. The van der Waals surface area contributed by atoms with Crippen molar-refractivity contribution in [2.24, 2.45) is 5.41 Å². The topological polar surface area (TPSA) is 52.7 Å². The first-order valence-corrected chi connectivity index (χ1v) is 7.39. The molecular formula is C13H22ClN3O2. The van der Waals surface area contributed by atoms with Gasteiger partial charge in [0.25, 0.3) is 0 Å². The van der Waals surface area contributed by atoms with E-state index < -0.39 is 5.41 Å². The first kappa shape index (κ1) is 14.4. The van der Waals surface area contributed by atoms with Gasteiger partial charge in [-0.3, -0.25) is 4.79 Å². The van der Waals surface area contributed by atoms with Crippen LogP contribution in [0.1, 0.15) is 26.7 Å². The van der Waals surface area contributed by atoms with Gasteiger partial charge >= 0.3 is 6.03 Å². The maximum atomic E-state index is 12.3. The Morgan fingerprint density at radius 3 is 2.47 bits per heavy atom. The van der Waals surface area contributed by atoms with Crippen LogP contribution in [0.15, 0.2) is 0 Å². The van der Waals surface area contributed by atoms with Crippen LogP contribution in [0.3, 0.4) is 0 Å². The summed E-state index contributed by atoms with van der Waals surface area (Å²) in [6.45, 7) is 6.70. The van der Waals surface area contributed by atoms with Crippen molar-refractivity contribution in [2.75, 3.05) is 32.1 Å². The van der Waals surface area contributed by atoms with Crippen LogP contribution in [0.5, 0.6) is 0 Å². The summed E-state index contributed by atoms with van der Waals surface area (Å²) >= 11 is 5.85. The molecule has 0 aromatic rings. The number of rotatable bonds is 3. The number of carbonyl (C=O) groups excluding carboxylic acids is 2. The largest absolute Gasteiger partial charge is 0.342 e. The molecule has 0 saturated carbocycles. The van der Waals surface area contributed by atoms with Gasteiger partial charge in [-0.05, 0) is 26.7 Å². The van der Waals surface area contributed by atoms with Crippen LogP contribution in [0, 0.1) is 5.41 Å². The molecule has 5 nitrogen and oxygen atoms in total. The average Bonchev–Trinajstić information content (AvgIpc) is 2.84. The van der Waals surface area contributed by atoms with Crippen molar-refractivity contribution in [1.29, 1.82) is 0 Å². The fourth-order valence-electron chi connectivity index (χ4n) is 2.70. The van der Waals surface area contributed by atoms with Gasteiger partial charge in [-0.15, -0.1) is 11.6 Å². The van der Waals surface area contributed by atoms with E-state index in [4.69, 9.17) is 11.6 Å². The minimum atomic E-state index is -0.501. The lowest BCUT2D eigenvalue weighted by molar-refractivity contribution is -0.140. The number of amides is 3. The van der Waals surface area contributed by atoms with Crippen molar-refractivity contribution in [2.45, 2.75) is 32.7 Å². The number of carbonyl (C=O) groups is 2. The lowest BCUT2D eigenvalue weighted by Gasteiger charge is -2.38. The van der Waals surface area contributed by atoms with E-state index in [1.54, 1.807) is 0 Å². The predicted octanol–water partition coefficient (Wildman–Crippen LogP) is 1.27. The number of nitrogens with one attached hydrogen (secondary N) is 1. The number of piperidine rings is 1. The molecule has 0 unspecified atom stereocenters. The van der Waals surface area contributed by atoms with E-state index in [2.05, 4.69) is 5.32 Å². The highest BCUT2D eigenvalue weighted by atomic mass is 35.5. The summed E-state index contributed by atoms with van der Waals surface area (Å²) in [6.07, 6.45) is 1.72. The van der Waals surface area contributed by atoms with E-state index >= 15 is 0 Å². The summed E-state index contributed by atoms with van der Waals surface area (Å²) in [4.78, 5) is 27.7. The SMILES string of the molecule is CC(C)(CCl)C(=O)N1CCC(N2CCNC2=O)CC1. The molecule has 1 N–H and O–H groups in total. The molecule has 2 rings (SSSR count). The van der Waals surface area contributed by atoms with Crippen molar-refractivity contribution >= 4 is 23.5 Å². The maximum absolute atomic E-state index is 12.3. The van der Waals surface area contributed by atoms with Crippen molar-refractivity contribution in [3.8, 4) is 0 Å². The quantitative estimate of drug-likeness (QED) is 0.795. The van der Waals surface area contributed by atoms with Crippen LogP contribution >= 0.6 is 11.6 Å². The maximum Gasteiger partial charge on any atom is 0.317 e. The highest BCUT2D eigenvalue weighted by Gasteiger charge is 2.36. The van der Waals surface area contributed by atoms with Gasteiger partial charge in [-0.1, -0.05) is 0 Å². The number of likely N-dealkylation sites (tertiary alicyclic amines) is 1. The Morgan fingerprint density at radius 1 is 1.37 bits per heavy atom. The Balaban J connectivity index is 1.89. The Hall–Kier alpha value is -0.970. The molecule has 0 aliphatic carbocycles. The van der Waals surface area contributed by atoms with Crippen LogP contribution in [-0.4, -0.2) is 59.8 Å². The standard InChI is InChI=1S/C13H22ClN3O2/c1-13(2,9-14)11(18)16-6-3-10(4-7-16)17-8-5-15-12(17)19/h10H,3-9H2,1-2H3,(H,15,19). The average molecular weight is 288 g/mol. The zero-order valence-electron chi connectivity index (χ0n) is 11.6. The minimum Gasteiger partial charge on any atom is -0.342 e. The molecule has 0 aromatic heterocycles. The highest BCUT2D eigenvalue weighted by Crippen LogP contribution is 2.25. The molecule has 0 spiro atoms. The Morgan fingerprint density at radius 2 is 2.00 bits per heavy atom. The van der Waals surface area contributed by atoms with E-state index in [1.807, 2.05) is 23.6 Å². The van der Waals surface area contributed by atoms with Gasteiger partial charge in [0.15, 0.2) is 0 Å². The molecule has 108 valence electrons. The van der Waals surface area contributed by atoms with Crippen LogP contribution in [0.25, 0.3) is 0 Å². The molecule has 0 aromatic carbocycles. The van der Waals surface area contributed by atoms with Gasteiger partial charge in [0.1, 0.15) is 0 Å². The Bertz CT molecular complexity index is 365. The van der Waals surface area contributed by atoms with E-state index in [1.165, 1.54) is 0 Å². The minimum absolute atomic E-state index is 0.0332. The molecule has 2 saturated heterocycles. The number of alkyl halides is 1. The van der Waals surface area contributed by atoms with Gasteiger partial charge < -0.3 is 15.1 Å². The molecule has 2 aliphatic heterocycles. The Labute approximate surface area is 119 Å². The van der Waals surface area contributed by atoms with Crippen molar-refractivity contribution < 1.29 is 9.59 Å². The van der Waals surface area contributed by atoms with Crippen molar-refractivity contribution in [1.82, 2.24) is 15.1 Å². The first-order chi connectivity index (χ1) is 8.95. The monoisotopic (exact) mass is 287 g/mol. The second kappa shape index (κ2) is 5.57. The molecule has 0 atom stereocenters. The number of urea groups is 1. The third kappa shape index (κ3) is 2.96. The molecule has 0 bridgehead atoms. The Kier molecular flexibility index (Phi) is 4.23. The van der Waals surface area contributed by atoms with Crippen LogP contribution in [0.4, 0.5) is 4.79 Å². The third-order valence-electron chi connectivity index (χ3n) is 4.00. The van der Waals surface area contributed by atoms with Crippen LogP contribution in [-0.2, 0) is 4.79 Å². The van der Waals surface area contributed by atoms with E-state index in [9.17, 15) is 9.59 Å². The number of hydrogen-bond donors (Lipinski definition) is 1. The first-order valence-electron chi connectivity index (χ1n) is 6.85. The van der Waals surface area contributed by atoms with Gasteiger partial charge in [0.2, 0.25) is 5.91 Å². The van der Waals surface area contributed by atoms with Gasteiger partial charge in [0, 0.05) is 38.1 Å². The summed E-state index contributed by atoms with van der Waals surface area (Å²) in [7, 11) is 0. The molecule has 19 heavy (non-hydrogen) atoms. The summed E-state index contributed by atoms with van der Waals surface area (Å²) in [6, 6.07) is 0.302. The highest BCUT2D eigenvalue weighted by molar-refractivity contribution is 6.19. The lowest BCUT2D eigenvalue weighted by Crippen LogP contribution is -2.50. The lowest BCUT2D eigenvalue weighted by atomic mass is 9.92. The number of halogens is 1. The molecule has 6 heteroatoms. The second-order valence-corrected chi connectivity index (χ2v) is 6.23. The zero-order valence-corrected chi connectivity index (χ0v) is 12.4. The van der Waals surface area contributed by atoms with Crippen molar-refractivity contribution in [3.63, 3.8) is 0 Å². The fourth-order valence-corrected chi connectivity index (χ4v) is 2.81. The molecule has 2 heterocycles. The number of hydrogen-bond acceptors (Lipinski definition) is 2. The molecule has 3 amide bonds.